The van der Waals surface area contributed by atoms with Crippen molar-refractivity contribution in [1.82, 2.24) is 4.98 Å². The molecule has 1 aromatic heterocycles. The Kier molecular flexibility index (Phi) is 2.93. The quantitative estimate of drug-likeness (QED) is 0.869. The molecule has 0 fully saturated rings. The van der Waals surface area contributed by atoms with Gasteiger partial charge in [0.1, 0.15) is 0 Å². The fourth-order valence-corrected chi connectivity index (χ4v) is 2.48. The van der Waals surface area contributed by atoms with Gasteiger partial charge in [-0.05, 0) is 30.5 Å². The Bertz CT molecular complexity index is 608. The monoisotopic (exact) mass is 245 g/mol. The van der Waals surface area contributed by atoms with Gasteiger partial charge in [-0.25, -0.2) is 0 Å². The number of carboxylic acid groups (broad SMARTS) is 1. The van der Waals surface area contributed by atoms with Crippen molar-refractivity contribution in [3.05, 3.63) is 35.0 Å². The number of aliphatic carboxylic acids is 1. The van der Waals surface area contributed by atoms with Gasteiger partial charge in [-0.3, -0.25) is 4.79 Å². The van der Waals surface area contributed by atoms with E-state index in [1.54, 1.807) is 0 Å². The summed E-state index contributed by atoms with van der Waals surface area (Å²) in [6, 6.07) is 4.17. The average molecular weight is 245 g/mol. The van der Waals surface area contributed by atoms with Crippen LogP contribution in [0, 0.1) is 13.8 Å². The fourth-order valence-electron chi connectivity index (χ4n) is 2.48. The third-order valence-corrected chi connectivity index (χ3v) is 3.71. The van der Waals surface area contributed by atoms with Gasteiger partial charge < -0.3 is 10.1 Å². The highest BCUT2D eigenvalue weighted by Gasteiger charge is 2.27. The molecule has 0 aliphatic carbocycles. The van der Waals surface area contributed by atoms with Gasteiger partial charge in [-0.15, -0.1) is 0 Å². The number of carbonyl (C=O) groups is 1. The second-order valence-corrected chi connectivity index (χ2v) is 5.59. The lowest BCUT2D eigenvalue weighted by atomic mass is 9.81. The zero-order valence-electron chi connectivity index (χ0n) is 11.3. The maximum absolute atomic E-state index is 11.0. The summed E-state index contributed by atoms with van der Waals surface area (Å²) in [7, 11) is 0. The molecule has 0 saturated carbocycles. The summed E-state index contributed by atoms with van der Waals surface area (Å²) in [5.41, 5.74) is 4.29. The fraction of sp³-hybridized carbons (Fsp3) is 0.400. The zero-order chi connectivity index (χ0) is 13.5. The molecule has 1 aromatic carbocycles. The van der Waals surface area contributed by atoms with Crippen LogP contribution in [0.1, 0.15) is 37.0 Å². The van der Waals surface area contributed by atoms with E-state index in [0.717, 1.165) is 16.5 Å². The summed E-state index contributed by atoms with van der Waals surface area (Å²) < 4.78 is 0. The molecule has 0 unspecified atom stereocenters. The van der Waals surface area contributed by atoms with Crippen molar-refractivity contribution in [2.24, 2.45) is 0 Å². The summed E-state index contributed by atoms with van der Waals surface area (Å²) in [5.74, 6) is -0.766. The number of nitrogens with one attached hydrogen (secondary N) is 1. The Morgan fingerprint density at radius 3 is 2.61 bits per heavy atom. The molecule has 96 valence electrons. The van der Waals surface area contributed by atoms with E-state index in [4.69, 9.17) is 5.11 Å². The van der Waals surface area contributed by atoms with Gasteiger partial charge in [-0.2, -0.15) is 0 Å². The third-order valence-electron chi connectivity index (χ3n) is 3.71. The standard InChI is InChI=1S/C15H19NO2/c1-9-5-6-11-12(8-16-14(11)10(9)2)15(3,4)7-13(17)18/h5-6,8,16H,7H2,1-4H3,(H,17,18). The lowest BCUT2D eigenvalue weighted by molar-refractivity contribution is -0.138. The van der Waals surface area contributed by atoms with Gasteiger partial charge >= 0.3 is 5.97 Å². The maximum Gasteiger partial charge on any atom is 0.304 e. The number of fused-ring (bicyclic) bond motifs is 1. The Morgan fingerprint density at radius 1 is 1.33 bits per heavy atom. The second-order valence-electron chi connectivity index (χ2n) is 5.59. The van der Waals surface area contributed by atoms with Crippen molar-refractivity contribution in [3.8, 4) is 0 Å². The van der Waals surface area contributed by atoms with E-state index in [2.05, 4.69) is 31.0 Å². The van der Waals surface area contributed by atoms with Gasteiger partial charge in [0.25, 0.3) is 0 Å². The average Bonchev–Trinajstić information content (AvgIpc) is 2.66. The molecule has 2 N–H and O–H groups in total. The third kappa shape index (κ3) is 2.01. The second kappa shape index (κ2) is 4.16. The van der Waals surface area contributed by atoms with E-state index in [-0.39, 0.29) is 11.8 Å². The Morgan fingerprint density at radius 2 is 2.00 bits per heavy atom. The van der Waals surface area contributed by atoms with Crippen LogP contribution in [0.2, 0.25) is 0 Å². The highest BCUT2D eigenvalue weighted by Crippen LogP contribution is 2.34. The lowest BCUT2D eigenvalue weighted by Crippen LogP contribution is -2.21. The van der Waals surface area contributed by atoms with Crippen LogP contribution < -0.4 is 0 Å². The van der Waals surface area contributed by atoms with Crippen LogP contribution in [-0.4, -0.2) is 16.1 Å². The minimum Gasteiger partial charge on any atom is -0.481 e. The molecule has 0 aliphatic heterocycles. The van der Waals surface area contributed by atoms with Crippen molar-refractivity contribution < 1.29 is 9.90 Å². The first-order valence-electron chi connectivity index (χ1n) is 6.12. The van der Waals surface area contributed by atoms with Gasteiger partial charge in [0.15, 0.2) is 0 Å². The summed E-state index contributed by atoms with van der Waals surface area (Å²) in [6.45, 7) is 8.11. The van der Waals surface area contributed by atoms with Crippen molar-refractivity contribution in [2.45, 2.75) is 39.5 Å². The van der Waals surface area contributed by atoms with Gasteiger partial charge in [0.2, 0.25) is 0 Å². The van der Waals surface area contributed by atoms with Gasteiger partial charge in [-0.1, -0.05) is 26.0 Å². The molecular weight excluding hydrogens is 226 g/mol. The molecule has 18 heavy (non-hydrogen) atoms. The van der Waals surface area contributed by atoms with Crippen molar-refractivity contribution >= 4 is 16.9 Å². The van der Waals surface area contributed by atoms with Crippen LogP contribution in [0.15, 0.2) is 18.3 Å². The van der Waals surface area contributed by atoms with Crippen LogP contribution in [0.3, 0.4) is 0 Å². The van der Waals surface area contributed by atoms with Crippen molar-refractivity contribution in [1.29, 1.82) is 0 Å². The van der Waals surface area contributed by atoms with Crippen molar-refractivity contribution in [3.63, 3.8) is 0 Å². The number of benzene rings is 1. The van der Waals surface area contributed by atoms with Crippen LogP contribution in [0.4, 0.5) is 0 Å². The molecule has 0 aliphatic rings. The lowest BCUT2D eigenvalue weighted by Gasteiger charge is -2.22. The molecule has 2 aromatic rings. The molecule has 0 saturated heterocycles. The number of aromatic nitrogens is 1. The first-order chi connectivity index (χ1) is 8.33. The molecule has 0 bridgehead atoms. The zero-order valence-corrected chi connectivity index (χ0v) is 11.3. The summed E-state index contributed by atoms with van der Waals surface area (Å²) in [5, 5.41) is 10.1. The molecular formula is C15H19NO2. The summed E-state index contributed by atoms with van der Waals surface area (Å²) in [6.07, 6.45) is 2.08. The predicted octanol–water partition coefficient (Wildman–Crippen LogP) is 3.54. The summed E-state index contributed by atoms with van der Waals surface area (Å²) in [4.78, 5) is 14.2. The van der Waals surface area contributed by atoms with E-state index in [1.807, 2.05) is 20.0 Å². The van der Waals surface area contributed by atoms with Gasteiger partial charge in [0, 0.05) is 22.5 Å². The van der Waals surface area contributed by atoms with E-state index in [1.165, 1.54) is 11.1 Å². The molecule has 3 nitrogen and oxygen atoms in total. The number of aromatic amines is 1. The minimum atomic E-state index is -0.766. The molecule has 0 spiro atoms. The molecule has 0 radical (unpaired) electrons. The SMILES string of the molecule is Cc1ccc2c(C(C)(C)CC(=O)O)c[nH]c2c1C. The number of aryl methyl sites for hydroxylation is 2. The number of H-pyrrole nitrogens is 1. The number of hydrogen-bond donors (Lipinski definition) is 2. The van der Waals surface area contributed by atoms with Gasteiger partial charge in [0.05, 0.1) is 6.42 Å². The summed E-state index contributed by atoms with van der Waals surface area (Å²) >= 11 is 0. The van der Waals surface area contributed by atoms with E-state index >= 15 is 0 Å². The van der Waals surface area contributed by atoms with E-state index < -0.39 is 5.97 Å². The maximum atomic E-state index is 11.0. The largest absolute Gasteiger partial charge is 0.481 e. The van der Waals surface area contributed by atoms with Crippen LogP contribution >= 0.6 is 0 Å². The first kappa shape index (κ1) is 12.7. The molecule has 0 amide bonds. The van der Waals surface area contributed by atoms with E-state index in [0.29, 0.717) is 0 Å². The van der Waals surface area contributed by atoms with Crippen molar-refractivity contribution in [2.75, 3.05) is 0 Å². The first-order valence-corrected chi connectivity index (χ1v) is 6.12. The normalized spacial score (nSPS) is 12.0. The molecule has 3 heteroatoms. The predicted molar refractivity (Wildman–Crippen MR) is 73.1 cm³/mol. The number of carboxylic acids is 1. The molecule has 2 rings (SSSR count). The van der Waals surface area contributed by atoms with Crippen LogP contribution in [0.5, 0.6) is 0 Å². The molecule has 0 atom stereocenters. The topological polar surface area (TPSA) is 53.1 Å². The minimum absolute atomic E-state index is 0.132. The highest BCUT2D eigenvalue weighted by atomic mass is 16.4. The number of hydrogen-bond acceptors (Lipinski definition) is 1. The van der Waals surface area contributed by atoms with Crippen LogP contribution in [0.25, 0.3) is 10.9 Å². The van der Waals surface area contributed by atoms with Crippen LogP contribution in [-0.2, 0) is 10.2 Å². The Balaban J connectivity index is 2.60. The Hall–Kier alpha value is -1.77. The molecule has 1 heterocycles. The Labute approximate surface area is 107 Å². The van der Waals surface area contributed by atoms with E-state index in [9.17, 15) is 4.79 Å². The smallest absolute Gasteiger partial charge is 0.304 e. The highest BCUT2D eigenvalue weighted by molar-refractivity contribution is 5.88. The number of rotatable bonds is 3.